The fourth-order valence-electron chi connectivity index (χ4n) is 3.54. The van der Waals surface area contributed by atoms with Crippen LogP contribution in [0, 0.1) is 0 Å². The zero-order chi connectivity index (χ0) is 23.0. The first-order valence-corrected chi connectivity index (χ1v) is 10.8. The minimum absolute atomic E-state index is 0.0734. The van der Waals surface area contributed by atoms with E-state index in [1.54, 1.807) is 26.8 Å². The predicted molar refractivity (Wildman–Crippen MR) is 126 cm³/mol. The van der Waals surface area contributed by atoms with Gasteiger partial charge in [0.15, 0.2) is 5.78 Å². The maximum absolute atomic E-state index is 13.0. The molecule has 0 aliphatic carbocycles. The second-order valence-corrected chi connectivity index (χ2v) is 10.4. The molecule has 0 saturated heterocycles. The van der Waals surface area contributed by atoms with E-state index in [0.29, 0.717) is 17.3 Å². The molecule has 0 saturated carbocycles. The molecule has 0 unspecified atom stereocenters. The first kappa shape index (κ1) is 23.1. The molecule has 0 atom stereocenters. The van der Waals surface area contributed by atoms with Crippen molar-refractivity contribution in [3.8, 4) is 0 Å². The first-order chi connectivity index (χ1) is 14.3. The summed E-state index contributed by atoms with van der Waals surface area (Å²) in [5.74, 6) is -0.797. The molecule has 0 spiro atoms. The van der Waals surface area contributed by atoms with Gasteiger partial charge in [-0.3, -0.25) is 9.59 Å². The normalized spacial score (nSPS) is 12.2. The van der Waals surface area contributed by atoms with Crippen LogP contribution in [0.25, 0.3) is 10.9 Å². The van der Waals surface area contributed by atoms with Crippen molar-refractivity contribution in [1.82, 2.24) is 4.57 Å². The Morgan fingerprint density at radius 1 is 0.935 bits per heavy atom. The van der Waals surface area contributed by atoms with Gasteiger partial charge in [0.1, 0.15) is 12.0 Å². The highest BCUT2D eigenvalue weighted by atomic mass is 35.5. The molecule has 164 valence electrons. The number of carbonyl (C=O) groups is 2. The number of aromatic nitrogens is 1. The van der Waals surface area contributed by atoms with Gasteiger partial charge in [0, 0.05) is 22.5 Å². The average Bonchev–Trinajstić information content (AvgIpc) is 2.97. The molecule has 31 heavy (non-hydrogen) atoms. The van der Waals surface area contributed by atoms with Crippen LogP contribution in [0.4, 0.5) is 0 Å². The fourth-order valence-corrected chi connectivity index (χ4v) is 3.72. The summed E-state index contributed by atoms with van der Waals surface area (Å²) in [5, 5.41) is 1.47. The Labute approximate surface area is 189 Å². The summed E-state index contributed by atoms with van der Waals surface area (Å²) in [4.78, 5) is 25.3. The van der Waals surface area contributed by atoms with Crippen LogP contribution in [-0.4, -0.2) is 21.9 Å². The molecule has 3 rings (SSSR count). The van der Waals surface area contributed by atoms with Gasteiger partial charge in [0.2, 0.25) is 0 Å². The Balaban J connectivity index is 1.96. The second kappa shape index (κ2) is 8.51. The van der Waals surface area contributed by atoms with Crippen molar-refractivity contribution in [2.24, 2.45) is 0 Å². The van der Waals surface area contributed by atoms with Gasteiger partial charge in [0.05, 0.1) is 5.69 Å². The maximum atomic E-state index is 13.0. The summed E-state index contributed by atoms with van der Waals surface area (Å²) in [6.45, 7) is 12.4. The largest absolute Gasteiger partial charge is 0.460 e. The summed E-state index contributed by atoms with van der Waals surface area (Å²) in [6, 6.07) is 15.8. The van der Waals surface area contributed by atoms with E-state index in [0.717, 1.165) is 16.5 Å². The lowest BCUT2D eigenvalue weighted by atomic mass is 9.87. The number of hydrogen-bond acceptors (Lipinski definition) is 3. The van der Waals surface area contributed by atoms with Crippen molar-refractivity contribution in [2.75, 3.05) is 0 Å². The lowest BCUT2D eigenvalue weighted by Crippen LogP contribution is -2.26. The summed E-state index contributed by atoms with van der Waals surface area (Å²) in [6.07, 6.45) is -0.301. The maximum Gasteiger partial charge on any atom is 0.314 e. The Hall–Kier alpha value is -2.59. The van der Waals surface area contributed by atoms with E-state index in [-0.39, 0.29) is 17.6 Å². The monoisotopic (exact) mass is 439 g/mol. The second-order valence-electron chi connectivity index (χ2n) is 9.95. The zero-order valence-electron chi connectivity index (χ0n) is 19.1. The Morgan fingerprint density at radius 2 is 1.58 bits per heavy atom. The van der Waals surface area contributed by atoms with E-state index in [1.165, 1.54) is 5.56 Å². The summed E-state index contributed by atoms with van der Waals surface area (Å²) in [5.41, 5.74) is 3.14. The molecular weight excluding hydrogens is 410 g/mol. The molecule has 0 aliphatic heterocycles. The fraction of sp³-hybridized carbons (Fsp3) is 0.385. The van der Waals surface area contributed by atoms with Crippen LogP contribution >= 0.6 is 11.6 Å². The number of rotatable bonds is 5. The van der Waals surface area contributed by atoms with Gasteiger partial charge in [0.25, 0.3) is 0 Å². The number of nitrogens with zero attached hydrogens (tertiary/aromatic N) is 1. The highest BCUT2D eigenvalue weighted by Crippen LogP contribution is 2.27. The number of fused-ring (bicyclic) bond motifs is 1. The molecular formula is C26H30ClNO3. The molecule has 4 nitrogen and oxygen atoms in total. The summed E-state index contributed by atoms with van der Waals surface area (Å²) >= 11 is 6.17. The molecule has 0 aliphatic rings. The minimum Gasteiger partial charge on any atom is -0.460 e. The van der Waals surface area contributed by atoms with Crippen LogP contribution in [0.5, 0.6) is 0 Å². The topological polar surface area (TPSA) is 48.3 Å². The molecule has 0 fully saturated rings. The van der Waals surface area contributed by atoms with Crippen molar-refractivity contribution in [2.45, 2.75) is 65.5 Å². The summed E-state index contributed by atoms with van der Waals surface area (Å²) < 4.78 is 7.28. The Morgan fingerprint density at radius 3 is 2.16 bits per heavy atom. The van der Waals surface area contributed by atoms with E-state index in [1.807, 2.05) is 22.8 Å². The van der Waals surface area contributed by atoms with Crippen LogP contribution in [-0.2, 0) is 21.5 Å². The third-order valence-corrected chi connectivity index (χ3v) is 5.27. The van der Waals surface area contributed by atoms with Crippen molar-refractivity contribution >= 4 is 34.3 Å². The van der Waals surface area contributed by atoms with Gasteiger partial charge in [-0.05, 0) is 61.6 Å². The van der Waals surface area contributed by atoms with Crippen LogP contribution in [0.15, 0.2) is 48.5 Å². The van der Waals surface area contributed by atoms with E-state index in [2.05, 4.69) is 45.0 Å². The van der Waals surface area contributed by atoms with E-state index in [4.69, 9.17) is 16.3 Å². The first-order valence-electron chi connectivity index (χ1n) is 10.5. The molecule has 0 N–H and O–H groups in total. The number of ether oxygens (including phenoxy) is 1. The third kappa shape index (κ3) is 5.76. The Kier molecular flexibility index (Phi) is 6.33. The van der Waals surface area contributed by atoms with Crippen molar-refractivity contribution in [3.63, 3.8) is 0 Å². The highest BCUT2D eigenvalue weighted by Gasteiger charge is 2.23. The standard InChI is InChI=1S/C26H30ClNO3/c1-25(2,3)19-9-7-17(8-10-19)16-28-21-12-11-20(27)13-18(21)14-22(28)23(29)15-24(30)31-26(4,5)6/h7-14H,15-16H2,1-6H3. The van der Waals surface area contributed by atoms with E-state index >= 15 is 0 Å². The van der Waals surface area contributed by atoms with Gasteiger partial charge in [-0.25, -0.2) is 0 Å². The van der Waals surface area contributed by atoms with Gasteiger partial charge in [-0.2, -0.15) is 0 Å². The number of ketones is 1. The quantitative estimate of drug-likeness (QED) is 0.257. The van der Waals surface area contributed by atoms with Gasteiger partial charge >= 0.3 is 5.97 Å². The number of esters is 1. The van der Waals surface area contributed by atoms with Gasteiger partial charge in [-0.15, -0.1) is 0 Å². The molecule has 3 aromatic rings. The molecule has 0 bridgehead atoms. The molecule has 1 heterocycles. The SMILES string of the molecule is CC(C)(C)OC(=O)CC(=O)c1cc2cc(Cl)ccc2n1Cc1ccc(C(C)(C)C)cc1. The van der Waals surface area contributed by atoms with Gasteiger partial charge < -0.3 is 9.30 Å². The summed E-state index contributed by atoms with van der Waals surface area (Å²) in [7, 11) is 0. The van der Waals surface area contributed by atoms with E-state index < -0.39 is 11.6 Å². The van der Waals surface area contributed by atoms with Gasteiger partial charge in [-0.1, -0.05) is 56.6 Å². The molecule has 2 aromatic carbocycles. The molecule has 0 radical (unpaired) electrons. The lowest BCUT2D eigenvalue weighted by molar-refractivity contribution is -0.153. The number of Topliss-reactive ketones (excluding diaryl/α,β-unsaturated/α-hetero) is 1. The predicted octanol–water partition coefficient (Wildman–Crippen LogP) is 6.56. The lowest BCUT2D eigenvalue weighted by Gasteiger charge is -2.20. The zero-order valence-corrected chi connectivity index (χ0v) is 19.8. The molecule has 5 heteroatoms. The van der Waals surface area contributed by atoms with Crippen LogP contribution < -0.4 is 0 Å². The molecule has 1 aromatic heterocycles. The smallest absolute Gasteiger partial charge is 0.314 e. The van der Waals surface area contributed by atoms with Crippen molar-refractivity contribution < 1.29 is 14.3 Å². The molecule has 0 amide bonds. The number of benzene rings is 2. The third-order valence-electron chi connectivity index (χ3n) is 5.03. The van der Waals surface area contributed by atoms with Crippen LogP contribution in [0.1, 0.15) is 69.6 Å². The van der Waals surface area contributed by atoms with Crippen LogP contribution in [0.3, 0.4) is 0 Å². The number of hydrogen-bond donors (Lipinski definition) is 0. The number of carbonyl (C=O) groups excluding carboxylic acids is 2. The Bertz CT molecular complexity index is 1110. The van der Waals surface area contributed by atoms with Crippen LogP contribution in [0.2, 0.25) is 5.02 Å². The van der Waals surface area contributed by atoms with Crippen molar-refractivity contribution in [1.29, 1.82) is 0 Å². The van der Waals surface area contributed by atoms with E-state index in [9.17, 15) is 9.59 Å². The average molecular weight is 440 g/mol. The number of halogens is 1. The highest BCUT2D eigenvalue weighted by molar-refractivity contribution is 6.31. The van der Waals surface area contributed by atoms with Crippen molar-refractivity contribution in [3.05, 3.63) is 70.4 Å². The minimum atomic E-state index is -0.633.